The predicted octanol–water partition coefficient (Wildman–Crippen LogP) is 2.82. The molecule has 0 N–H and O–H groups in total. The minimum atomic E-state index is -0.120. The summed E-state index contributed by atoms with van der Waals surface area (Å²) >= 11 is 38.7. The number of rotatable bonds is 12. The van der Waals surface area contributed by atoms with Crippen molar-refractivity contribution in [1.82, 2.24) is 19.6 Å². The van der Waals surface area contributed by atoms with E-state index in [-0.39, 0.29) is 60.6 Å². The molecule has 0 aliphatic heterocycles. The molecule has 0 aromatic carbocycles. The van der Waals surface area contributed by atoms with Gasteiger partial charge in [-0.15, -0.1) is 0 Å². The Bertz CT molecular complexity index is 280. The van der Waals surface area contributed by atoms with E-state index in [1.807, 2.05) is 19.6 Å². The largest absolute Gasteiger partial charge is 0.800 e. The topological polar surface area (TPSA) is 13.0 Å². The molecule has 0 heterocycles. The van der Waals surface area contributed by atoms with Crippen molar-refractivity contribution in [2.45, 2.75) is 74.2 Å². The van der Waals surface area contributed by atoms with Crippen molar-refractivity contribution in [2.24, 2.45) is 0 Å². The molecule has 4 nitrogen and oxygen atoms in total. The fraction of sp³-hybridized carbons (Fsp3) is 1.00. The molecule has 0 bridgehead atoms. The van der Waals surface area contributed by atoms with Crippen LogP contribution in [0.3, 0.4) is 0 Å². The zero-order valence-corrected chi connectivity index (χ0v) is 31.2. The Labute approximate surface area is 285 Å². The van der Waals surface area contributed by atoms with Gasteiger partial charge >= 0.3 is 0 Å². The van der Waals surface area contributed by atoms with Gasteiger partial charge < -0.3 is 121 Å². The van der Waals surface area contributed by atoms with Gasteiger partial charge in [0.15, 0.2) is 0 Å². The minimum Gasteiger partial charge on any atom is -0.800 e. The van der Waals surface area contributed by atoms with Crippen molar-refractivity contribution in [3.8, 4) is 0 Å². The summed E-state index contributed by atoms with van der Waals surface area (Å²) in [5, 5.41) is 0. The fourth-order valence-electron chi connectivity index (χ4n) is 2.09. The Morgan fingerprint density at radius 2 is 0.424 bits per heavy atom. The molecule has 33 heavy (non-hydrogen) atoms. The van der Waals surface area contributed by atoms with Crippen LogP contribution in [0, 0.1) is 41.7 Å². The molecule has 0 aromatic rings. The van der Waals surface area contributed by atoms with Crippen LogP contribution in [0.4, 0.5) is 0 Å². The molecule has 0 aliphatic carbocycles. The number of nitrogens with zero attached hydrogens (tertiary/aromatic N) is 4. The van der Waals surface area contributed by atoms with Crippen LogP contribution in [-0.4, -0.2) is 90.8 Å². The average Bonchev–Trinajstić information content (AvgIpc) is 2.72. The van der Waals surface area contributed by atoms with Crippen molar-refractivity contribution < 1.29 is 41.7 Å². The predicted molar refractivity (Wildman–Crippen MR) is 166 cm³/mol. The molecule has 0 saturated heterocycles. The van der Waals surface area contributed by atoms with E-state index in [2.05, 4.69) is 55.4 Å². The first-order valence-electron chi connectivity index (χ1n) is 11.1. The molecular weight excluding hydrogens is 693 g/mol. The molecule has 0 saturated carbocycles. The average molecular weight is 737 g/mol. The molecule has 204 valence electrons. The second-order valence-electron chi connectivity index (χ2n) is 6.11. The van der Waals surface area contributed by atoms with E-state index < -0.39 is 0 Å². The third-order valence-electron chi connectivity index (χ3n) is 4.44. The Hall–Kier alpha value is 4.02. The first-order valence-corrected chi connectivity index (χ1v) is 14.9. The van der Waals surface area contributed by atoms with Gasteiger partial charge in [-0.1, -0.05) is 55.4 Å². The summed E-state index contributed by atoms with van der Waals surface area (Å²) in [6.07, 6.45) is 0. The van der Waals surface area contributed by atoms with Crippen LogP contribution in [0.2, 0.25) is 0 Å². The van der Waals surface area contributed by atoms with Crippen LogP contribution in [-0.2, 0) is 101 Å². The molecule has 0 spiro atoms. The van der Waals surface area contributed by atoms with Gasteiger partial charge in [0.2, 0.25) is 0 Å². The zero-order chi connectivity index (χ0) is 26.3. The molecule has 0 rings (SSSR count). The van der Waals surface area contributed by atoms with Crippen LogP contribution < -0.4 is 0 Å². The standard InChI is InChI=1S/4C5H13NS2.Ce/c4*1-3-6(4-2)5(7)8;/h4*5,7-8H,3-4H2,1-2H3;/p-8. The van der Waals surface area contributed by atoms with Crippen molar-refractivity contribution in [3.63, 3.8) is 0 Å². The third kappa shape index (κ3) is 32.1. The molecule has 0 unspecified atom stereocenters. The Balaban J connectivity index is -0.000000105. The quantitative estimate of drug-likeness (QED) is 0.274. The van der Waals surface area contributed by atoms with E-state index >= 15 is 0 Å². The summed E-state index contributed by atoms with van der Waals surface area (Å²) < 4.78 is -0.481. The molecule has 0 atom stereocenters. The first kappa shape index (κ1) is 46.8. The van der Waals surface area contributed by atoms with Gasteiger partial charge in [-0.25, -0.2) is 18.8 Å². The molecule has 0 amide bonds. The maximum Gasteiger partial charge on any atom is 0 e. The summed E-state index contributed by atoms with van der Waals surface area (Å²) in [6.45, 7) is 24.2. The second kappa shape index (κ2) is 34.0. The summed E-state index contributed by atoms with van der Waals surface area (Å²) in [5.74, 6) is 0. The maximum atomic E-state index is 4.84. The van der Waals surface area contributed by atoms with E-state index in [1.54, 1.807) is 0 Å². The Morgan fingerprint density at radius 3 is 0.424 bits per heavy atom. The van der Waals surface area contributed by atoms with E-state index in [4.69, 9.17) is 101 Å². The normalized spacial score (nSPS) is 10.9. The zero-order valence-electron chi connectivity index (χ0n) is 21.5. The van der Waals surface area contributed by atoms with Crippen molar-refractivity contribution in [1.29, 1.82) is 0 Å². The smallest absolute Gasteiger partial charge is 0 e. The van der Waals surface area contributed by atoms with Gasteiger partial charge in [0, 0.05) is 41.7 Å². The summed E-state index contributed by atoms with van der Waals surface area (Å²) in [6, 6.07) is 0. The van der Waals surface area contributed by atoms with Gasteiger partial charge in [-0.3, -0.25) is 0 Å². The van der Waals surface area contributed by atoms with Crippen LogP contribution >= 0.6 is 0 Å². The van der Waals surface area contributed by atoms with Crippen molar-refractivity contribution in [2.75, 3.05) is 52.4 Å². The Kier molecular flexibility index (Phi) is 48.3. The second-order valence-corrected chi connectivity index (χ2v) is 10.9. The van der Waals surface area contributed by atoms with Gasteiger partial charge in [-0.05, 0) is 52.4 Å². The monoisotopic (exact) mass is 736 g/mol. The third-order valence-corrected chi connectivity index (χ3v) is 6.83. The molecule has 0 aromatic heterocycles. The van der Waals surface area contributed by atoms with E-state index in [9.17, 15) is 0 Å². The summed E-state index contributed by atoms with van der Waals surface area (Å²) in [4.78, 5) is 8.19. The van der Waals surface area contributed by atoms with Gasteiger partial charge in [0.25, 0.3) is 0 Å². The SMILES string of the molecule is CCN(CC)C([S-])[S-].CCN(CC)C([S-])[S-].CCN(CC)C([S-])[S-].CCN(CC)C([S-])[S-].[Ce]. The first-order chi connectivity index (χ1) is 14.9. The van der Waals surface area contributed by atoms with Gasteiger partial charge in [0.05, 0.1) is 0 Å². The summed E-state index contributed by atoms with van der Waals surface area (Å²) in [7, 11) is 0. The molecule has 13 heteroatoms. The van der Waals surface area contributed by atoms with E-state index in [1.165, 1.54) is 0 Å². The molecule has 0 fully saturated rings. The Morgan fingerprint density at radius 1 is 0.333 bits per heavy atom. The van der Waals surface area contributed by atoms with Crippen LogP contribution in [0.1, 0.15) is 55.4 Å². The number of hydrogen-bond donors (Lipinski definition) is 0. The number of hydrogen-bond acceptors (Lipinski definition) is 12. The minimum absolute atomic E-state index is 0. The van der Waals surface area contributed by atoms with Crippen LogP contribution in [0.5, 0.6) is 0 Å². The summed E-state index contributed by atoms with van der Waals surface area (Å²) in [5.41, 5.74) is 0. The fourth-order valence-corrected chi connectivity index (χ4v) is 4.47. The molecule has 0 aliphatic rings. The van der Waals surface area contributed by atoms with E-state index in [0.29, 0.717) is 0 Å². The van der Waals surface area contributed by atoms with Crippen molar-refractivity contribution in [3.05, 3.63) is 0 Å². The van der Waals surface area contributed by atoms with Gasteiger partial charge in [-0.2, -0.15) is 0 Å². The van der Waals surface area contributed by atoms with E-state index in [0.717, 1.165) is 52.4 Å². The van der Waals surface area contributed by atoms with Crippen molar-refractivity contribution >= 4 is 101 Å². The van der Waals surface area contributed by atoms with Gasteiger partial charge in [0.1, 0.15) is 0 Å². The van der Waals surface area contributed by atoms with Crippen LogP contribution in [0.15, 0.2) is 0 Å². The maximum absolute atomic E-state index is 4.84. The molecular formula is C20H44CeN4S8-8. The van der Waals surface area contributed by atoms with Crippen LogP contribution in [0.25, 0.3) is 0 Å². The molecule has 0 radical (unpaired) electrons.